The first kappa shape index (κ1) is 19.7. The number of hydrogen-bond acceptors (Lipinski definition) is 8. The van der Waals surface area contributed by atoms with E-state index in [9.17, 15) is 4.79 Å². The molecule has 0 bridgehead atoms. The quantitative estimate of drug-likeness (QED) is 0.602. The number of aliphatic imine (C=N–C) groups is 1. The Bertz CT molecular complexity index is 1190. The molecule has 1 saturated heterocycles. The zero-order chi connectivity index (χ0) is 21.4. The van der Waals surface area contributed by atoms with Gasteiger partial charge in [0.25, 0.3) is 5.91 Å². The first-order chi connectivity index (χ1) is 15.1. The van der Waals surface area contributed by atoms with Crippen molar-refractivity contribution in [2.24, 2.45) is 4.99 Å². The minimum absolute atomic E-state index is 0.0822. The average Bonchev–Trinajstić information content (AvgIpc) is 3.49. The van der Waals surface area contributed by atoms with Gasteiger partial charge in [0.05, 0.1) is 24.4 Å². The van der Waals surface area contributed by atoms with Crippen molar-refractivity contribution in [1.29, 1.82) is 0 Å². The normalized spacial score (nSPS) is 19.4. The minimum atomic E-state index is -0.0822. The molecule has 3 heterocycles. The predicted molar refractivity (Wildman–Crippen MR) is 122 cm³/mol. The van der Waals surface area contributed by atoms with E-state index in [1.54, 1.807) is 23.8 Å². The lowest BCUT2D eigenvalue weighted by Crippen LogP contribution is -2.29. The van der Waals surface area contributed by atoms with Crippen molar-refractivity contribution in [3.8, 4) is 5.75 Å². The molecule has 2 aliphatic heterocycles. The summed E-state index contributed by atoms with van der Waals surface area (Å²) in [6, 6.07) is 15.8. The summed E-state index contributed by atoms with van der Waals surface area (Å²) >= 11 is 2.92. The predicted octanol–water partition coefficient (Wildman–Crippen LogP) is 3.99. The number of anilines is 1. The fourth-order valence-corrected chi connectivity index (χ4v) is 5.62. The fourth-order valence-electron chi connectivity index (χ4n) is 3.32. The van der Waals surface area contributed by atoms with Crippen LogP contribution in [0.5, 0.6) is 5.75 Å². The van der Waals surface area contributed by atoms with Crippen LogP contribution in [-0.2, 0) is 11.3 Å². The number of fused-ring (bicyclic) bond motifs is 1. The number of carbonyl (C=O) groups is 1. The number of aromatic nitrogens is 3. The highest BCUT2D eigenvalue weighted by Gasteiger charge is 2.39. The second kappa shape index (κ2) is 8.12. The lowest BCUT2D eigenvalue weighted by atomic mass is 10.2. The van der Waals surface area contributed by atoms with Gasteiger partial charge in [0.2, 0.25) is 5.95 Å². The van der Waals surface area contributed by atoms with E-state index in [1.807, 2.05) is 60.5 Å². The maximum Gasteiger partial charge on any atom is 0.269 e. The fraction of sp³-hybridized carbons (Fsp3) is 0.143. The third-order valence-electron chi connectivity index (χ3n) is 4.88. The number of methoxy groups -OCH3 is 1. The molecule has 0 saturated carbocycles. The van der Waals surface area contributed by atoms with Gasteiger partial charge in [-0.1, -0.05) is 42.1 Å². The number of benzene rings is 2. The topological polar surface area (TPSA) is 86.7 Å². The van der Waals surface area contributed by atoms with Crippen LogP contribution in [0.1, 0.15) is 5.56 Å². The smallest absolute Gasteiger partial charge is 0.269 e. The number of amides is 1. The van der Waals surface area contributed by atoms with Gasteiger partial charge >= 0.3 is 0 Å². The largest absolute Gasteiger partial charge is 0.497 e. The van der Waals surface area contributed by atoms with Crippen molar-refractivity contribution in [2.45, 2.75) is 11.4 Å². The van der Waals surface area contributed by atoms with Crippen LogP contribution in [0.3, 0.4) is 0 Å². The van der Waals surface area contributed by atoms with Crippen LogP contribution in [0.2, 0.25) is 0 Å². The van der Waals surface area contributed by atoms with E-state index >= 15 is 0 Å². The number of nitrogens with zero attached hydrogens (tertiary/aromatic N) is 5. The molecule has 1 aromatic heterocycles. The van der Waals surface area contributed by atoms with E-state index in [4.69, 9.17) is 4.74 Å². The average molecular weight is 451 g/mol. The van der Waals surface area contributed by atoms with Crippen LogP contribution in [-0.4, -0.2) is 45.3 Å². The zero-order valence-corrected chi connectivity index (χ0v) is 18.4. The highest BCUT2D eigenvalue weighted by Crippen LogP contribution is 2.51. The molecule has 8 nitrogen and oxygen atoms in total. The maximum absolute atomic E-state index is 13.5. The molecule has 2 aliphatic rings. The number of thioether (sulfide) groups is 2. The summed E-state index contributed by atoms with van der Waals surface area (Å²) in [6.45, 7) is 0.422. The van der Waals surface area contributed by atoms with Gasteiger partial charge in [-0.3, -0.25) is 9.69 Å². The molecule has 1 amide bonds. The van der Waals surface area contributed by atoms with Gasteiger partial charge in [-0.15, -0.1) is 0 Å². The van der Waals surface area contributed by atoms with Crippen molar-refractivity contribution in [3.63, 3.8) is 0 Å². The molecule has 0 radical (unpaired) electrons. The molecule has 31 heavy (non-hydrogen) atoms. The summed E-state index contributed by atoms with van der Waals surface area (Å²) in [4.78, 5) is 27.6. The van der Waals surface area contributed by atoms with Crippen molar-refractivity contribution in [3.05, 3.63) is 70.4 Å². The summed E-state index contributed by atoms with van der Waals surface area (Å²) in [7, 11) is 3.61. The van der Waals surface area contributed by atoms with Crippen molar-refractivity contribution < 1.29 is 9.53 Å². The van der Waals surface area contributed by atoms with E-state index in [2.05, 4.69) is 20.2 Å². The Morgan fingerprint density at radius 1 is 1.16 bits per heavy atom. The first-order valence-electron chi connectivity index (χ1n) is 9.45. The third kappa shape index (κ3) is 3.68. The highest BCUT2D eigenvalue weighted by atomic mass is 32.2. The molecule has 0 atom stereocenters. The SMILES string of the molecule is COc1ccc2c(c1)N(C)C(=C1SC(=Nc3ncn[nH]3)N(Cc3ccccc3)C1=O)S2. The summed E-state index contributed by atoms with van der Waals surface area (Å²) in [5, 5.41) is 8.03. The number of H-pyrrole nitrogens is 1. The lowest BCUT2D eigenvalue weighted by Gasteiger charge is -2.16. The van der Waals surface area contributed by atoms with Crippen LogP contribution in [0.4, 0.5) is 11.6 Å². The first-order valence-corrected chi connectivity index (χ1v) is 11.1. The highest BCUT2D eigenvalue weighted by molar-refractivity contribution is 8.19. The number of amidine groups is 1. The molecule has 3 aromatic rings. The Labute approximate surface area is 187 Å². The summed E-state index contributed by atoms with van der Waals surface area (Å²) in [5.74, 6) is 1.06. The molecule has 2 aromatic carbocycles. The van der Waals surface area contributed by atoms with E-state index in [0.29, 0.717) is 22.6 Å². The second-order valence-electron chi connectivity index (χ2n) is 6.81. The van der Waals surface area contributed by atoms with Crippen molar-refractivity contribution >= 4 is 46.2 Å². The monoisotopic (exact) mass is 450 g/mol. The Morgan fingerprint density at radius 3 is 2.74 bits per heavy atom. The molecular formula is C21H18N6O2S2. The summed E-state index contributed by atoms with van der Waals surface area (Å²) < 4.78 is 5.36. The van der Waals surface area contributed by atoms with Crippen LogP contribution in [0.25, 0.3) is 0 Å². The molecule has 5 rings (SSSR count). The Morgan fingerprint density at radius 2 is 2.00 bits per heavy atom. The lowest BCUT2D eigenvalue weighted by molar-refractivity contribution is -0.122. The van der Waals surface area contributed by atoms with Gasteiger partial charge < -0.3 is 9.64 Å². The zero-order valence-electron chi connectivity index (χ0n) is 16.8. The Hall–Kier alpha value is -3.24. The number of aromatic amines is 1. The number of ether oxygens (including phenoxy) is 1. The molecule has 156 valence electrons. The van der Waals surface area contributed by atoms with Crippen LogP contribution in [0, 0.1) is 0 Å². The number of hydrogen-bond donors (Lipinski definition) is 1. The standard InChI is InChI=1S/C21H18N6O2S2/c1-26-15-10-14(29-2)8-9-16(15)30-19(26)17-18(28)27(11-13-6-4-3-5-7-13)21(31-17)24-20-22-12-23-25-20/h3-10,12H,11H2,1-2H3,(H,22,23,25). The number of carbonyl (C=O) groups excluding carboxylic acids is 1. The van der Waals surface area contributed by atoms with E-state index in [-0.39, 0.29) is 5.91 Å². The van der Waals surface area contributed by atoms with Crippen molar-refractivity contribution in [1.82, 2.24) is 20.1 Å². The second-order valence-corrected chi connectivity index (χ2v) is 8.82. The summed E-state index contributed by atoms with van der Waals surface area (Å²) in [6.07, 6.45) is 1.40. The number of rotatable bonds is 4. The Kier molecular flexibility index (Phi) is 5.16. The van der Waals surface area contributed by atoms with Crippen LogP contribution >= 0.6 is 23.5 Å². The van der Waals surface area contributed by atoms with Gasteiger partial charge in [-0.05, 0) is 29.5 Å². The molecule has 10 heteroatoms. The van der Waals surface area contributed by atoms with Gasteiger partial charge in [0, 0.05) is 18.0 Å². The van der Waals surface area contributed by atoms with Crippen molar-refractivity contribution in [2.75, 3.05) is 19.1 Å². The molecule has 1 fully saturated rings. The number of nitrogens with one attached hydrogen (secondary N) is 1. The van der Waals surface area contributed by atoms with Crippen LogP contribution < -0.4 is 9.64 Å². The third-order valence-corrected chi connectivity index (χ3v) is 7.32. The molecule has 0 spiro atoms. The van der Waals surface area contributed by atoms with Gasteiger partial charge in [-0.2, -0.15) is 15.1 Å². The Balaban J connectivity index is 1.53. The molecule has 0 aliphatic carbocycles. The maximum atomic E-state index is 13.5. The minimum Gasteiger partial charge on any atom is -0.497 e. The van der Waals surface area contributed by atoms with E-state index in [0.717, 1.165) is 26.9 Å². The van der Waals surface area contributed by atoms with E-state index < -0.39 is 0 Å². The molecule has 0 unspecified atom stereocenters. The van der Waals surface area contributed by atoms with Gasteiger partial charge in [-0.25, -0.2) is 5.10 Å². The van der Waals surface area contributed by atoms with Gasteiger partial charge in [0.15, 0.2) is 5.17 Å². The van der Waals surface area contributed by atoms with Gasteiger partial charge in [0.1, 0.15) is 17.0 Å². The summed E-state index contributed by atoms with van der Waals surface area (Å²) in [5.41, 5.74) is 2.03. The van der Waals surface area contributed by atoms with E-state index in [1.165, 1.54) is 18.1 Å². The molecular weight excluding hydrogens is 432 g/mol. The van der Waals surface area contributed by atoms with Crippen LogP contribution in [0.15, 0.2) is 74.7 Å². The molecule has 1 N–H and O–H groups in total.